The summed E-state index contributed by atoms with van der Waals surface area (Å²) in [7, 11) is 0. The lowest BCUT2D eigenvalue weighted by molar-refractivity contribution is 0.373. The molecule has 1 saturated carbocycles. The van der Waals surface area contributed by atoms with Crippen LogP contribution in [0, 0.1) is 11.8 Å². The summed E-state index contributed by atoms with van der Waals surface area (Å²) in [6.07, 6.45) is 21.3. The third kappa shape index (κ3) is 3.72. The summed E-state index contributed by atoms with van der Waals surface area (Å²) in [6, 6.07) is 0. The van der Waals surface area contributed by atoms with E-state index >= 15 is 0 Å². The van der Waals surface area contributed by atoms with Gasteiger partial charge in [0.05, 0.1) is 0 Å². The number of hydrogen-bond donors (Lipinski definition) is 0. The Morgan fingerprint density at radius 3 is 2.76 bits per heavy atom. The number of hydrogen-bond acceptors (Lipinski definition) is 0. The van der Waals surface area contributed by atoms with Crippen molar-refractivity contribution < 1.29 is 0 Å². The Bertz CT molecular complexity index is 272. The van der Waals surface area contributed by atoms with Crippen molar-refractivity contribution >= 4 is 0 Å². The quantitative estimate of drug-likeness (QED) is 0.548. The Balaban J connectivity index is 2.03. The molecule has 0 bridgehead atoms. The molecular weight excluding hydrogens is 204 g/mol. The SMILES string of the molecule is CCC1CCC2=CC=CCCCCCCCC21. The van der Waals surface area contributed by atoms with Crippen LogP contribution in [0.1, 0.15) is 71.1 Å². The van der Waals surface area contributed by atoms with Gasteiger partial charge < -0.3 is 0 Å². The standard InChI is InChI=1S/C17H28/c1-2-15-13-14-16-11-9-7-5-3-4-6-8-10-12-17(15)16/h7,9,11,15,17H,2-6,8,10,12-14H2,1H3. The summed E-state index contributed by atoms with van der Waals surface area (Å²) >= 11 is 0. The highest BCUT2D eigenvalue weighted by Gasteiger charge is 2.29. The molecule has 0 aromatic heterocycles. The topological polar surface area (TPSA) is 0 Å². The molecule has 0 spiro atoms. The molecule has 0 saturated heterocycles. The van der Waals surface area contributed by atoms with Crippen molar-refractivity contribution in [2.45, 2.75) is 71.1 Å². The molecule has 0 amide bonds. The zero-order valence-corrected chi connectivity index (χ0v) is 11.5. The monoisotopic (exact) mass is 232 g/mol. The van der Waals surface area contributed by atoms with Crippen LogP contribution in [0.2, 0.25) is 0 Å². The average Bonchev–Trinajstić information content (AvgIpc) is 2.71. The molecule has 0 radical (unpaired) electrons. The first-order valence-corrected chi connectivity index (χ1v) is 7.77. The molecular formula is C17H28. The van der Waals surface area contributed by atoms with Gasteiger partial charge in [-0.2, -0.15) is 0 Å². The highest BCUT2D eigenvalue weighted by atomic mass is 14.3. The highest BCUT2D eigenvalue weighted by Crippen LogP contribution is 2.41. The molecule has 0 N–H and O–H groups in total. The fourth-order valence-electron chi connectivity index (χ4n) is 3.60. The normalized spacial score (nSPS) is 31.2. The minimum absolute atomic E-state index is 0.920. The molecule has 2 aliphatic rings. The summed E-state index contributed by atoms with van der Waals surface area (Å²) in [5.41, 5.74) is 1.76. The summed E-state index contributed by atoms with van der Waals surface area (Å²) in [6.45, 7) is 2.37. The van der Waals surface area contributed by atoms with E-state index in [1.807, 2.05) is 0 Å². The minimum atomic E-state index is 0.920. The van der Waals surface area contributed by atoms with Gasteiger partial charge >= 0.3 is 0 Å². The van der Waals surface area contributed by atoms with Crippen LogP contribution >= 0.6 is 0 Å². The third-order valence-corrected chi connectivity index (χ3v) is 4.71. The summed E-state index contributed by atoms with van der Waals surface area (Å²) in [5.74, 6) is 1.90. The highest BCUT2D eigenvalue weighted by molar-refractivity contribution is 5.19. The van der Waals surface area contributed by atoms with Gasteiger partial charge in [-0.1, -0.05) is 62.8 Å². The Hall–Kier alpha value is -0.520. The van der Waals surface area contributed by atoms with Crippen molar-refractivity contribution in [1.29, 1.82) is 0 Å². The molecule has 0 heteroatoms. The maximum absolute atomic E-state index is 2.45. The van der Waals surface area contributed by atoms with E-state index in [1.54, 1.807) is 5.57 Å². The summed E-state index contributed by atoms with van der Waals surface area (Å²) < 4.78 is 0. The molecule has 2 aliphatic carbocycles. The molecule has 2 rings (SSSR count). The summed E-state index contributed by atoms with van der Waals surface area (Å²) in [4.78, 5) is 0. The lowest BCUT2D eigenvalue weighted by Gasteiger charge is -2.19. The van der Waals surface area contributed by atoms with Crippen LogP contribution in [-0.4, -0.2) is 0 Å². The van der Waals surface area contributed by atoms with E-state index in [-0.39, 0.29) is 0 Å². The molecule has 0 aliphatic heterocycles. The number of rotatable bonds is 1. The Morgan fingerprint density at radius 2 is 1.88 bits per heavy atom. The van der Waals surface area contributed by atoms with Gasteiger partial charge in [0, 0.05) is 0 Å². The maximum atomic E-state index is 2.45. The van der Waals surface area contributed by atoms with Crippen LogP contribution in [0.3, 0.4) is 0 Å². The molecule has 0 aromatic rings. The van der Waals surface area contributed by atoms with Gasteiger partial charge in [-0.05, 0) is 43.9 Å². The molecule has 2 unspecified atom stereocenters. The first-order chi connectivity index (χ1) is 8.42. The lowest BCUT2D eigenvalue weighted by Crippen LogP contribution is -2.08. The molecule has 0 nitrogen and oxygen atoms in total. The van der Waals surface area contributed by atoms with Crippen molar-refractivity contribution in [3.63, 3.8) is 0 Å². The van der Waals surface area contributed by atoms with Crippen LogP contribution in [0.4, 0.5) is 0 Å². The van der Waals surface area contributed by atoms with Gasteiger partial charge in [0.1, 0.15) is 0 Å². The van der Waals surface area contributed by atoms with E-state index < -0.39 is 0 Å². The second-order valence-corrected chi connectivity index (χ2v) is 5.83. The largest absolute Gasteiger partial charge is 0.0845 e. The van der Waals surface area contributed by atoms with Crippen LogP contribution in [0.25, 0.3) is 0 Å². The van der Waals surface area contributed by atoms with Crippen LogP contribution in [-0.2, 0) is 0 Å². The fraction of sp³-hybridized carbons (Fsp3) is 0.765. The molecule has 2 atom stereocenters. The fourth-order valence-corrected chi connectivity index (χ4v) is 3.60. The third-order valence-electron chi connectivity index (χ3n) is 4.71. The molecule has 17 heavy (non-hydrogen) atoms. The van der Waals surface area contributed by atoms with Crippen LogP contribution in [0.5, 0.6) is 0 Å². The molecule has 1 fully saturated rings. The van der Waals surface area contributed by atoms with Gasteiger partial charge in [-0.25, -0.2) is 0 Å². The number of fused-ring (bicyclic) bond motifs is 1. The van der Waals surface area contributed by atoms with Crippen LogP contribution in [0.15, 0.2) is 23.8 Å². The van der Waals surface area contributed by atoms with Crippen molar-refractivity contribution in [2.24, 2.45) is 11.8 Å². The van der Waals surface area contributed by atoms with Gasteiger partial charge in [-0.3, -0.25) is 0 Å². The van der Waals surface area contributed by atoms with Crippen molar-refractivity contribution in [3.05, 3.63) is 23.8 Å². The van der Waals surface area contributed by atoms with E-state index in [2.05, 4.69) is 25.2 Å². The molecule has 0 heterocycles. The van der Waals surface area contributed by atoms with Crippen molar-refractivity contribution in [3.8, 4) is 0 Å². The smallest absolute Gasteiger partial charge is 0.0172 e. The summed E-state index contributed by atoms with van der Waals surface area (Å²) in [5, 5.41) is 0. The van der Waals surface area contributed by atoms with E-state index in [9.17, 15) is 0 Å². The molecule has 96 valence electrons. The van der Waals surface area contributed by atoms with Crippen molar-refractivity contribution in [2.75, 3.05) is 0 Å². The number of allylic oxidation sites excluding steroid dienone is 4. The predicted molar refractivity (Wildman–Crippen MR) is 76.0 cm³/mol. The van der Waals surface area contributed by atoms with Gasteiger partial charge in [0.25, 0.3) is 0 Å². The first kappa shape index (κ1) is 12.9. The van der Waals surface area contributed by atoms with E-state index in [4.69, 9.17) is 0 Å². The Kier molecular flexibility index (Phi) is 5.35. The Labute approximate surface area is 107 Å². The Morgan fingerprint density at radius 1 is 1.06 bits per heavy atom. The zero-order valence-electron chi connectivity index (χ0n) is 11.5. The van der Waals surface area contributed by atoms with Gasteiger partial charge in [0.15, 0.2) is 0 Å². The second kappa shape index (κ2) is 7.03. The predicted octanol–water partition coefficient (Wildman–Crippen LogP) is 5.65. The molecule has 0 aromatic carbocycles. The van der Waals surface area contributed by atoms with Crippen molar-refractivity contribution in [1.82, 2.24) is 0 Å². The van der Waals surface area contributed by atoms with E-state index in [0.29, 0.717) is 0 Å². The average molecular weight is 232 g/mol. The first-order valence-electron chi connectivity index (χ1n) is 7.77. The van der Waals surface area contributed by atoms with E-state index in [1.165, 1.54) is 64.2 Å². The van der Waals surface area contributed by atoms with Crippen LogP contribution < -0.4 is 0 Å². The lowest BCUT2D eigenvalue weighted by atomic mass is 9.86. The van der Waals surface area contributed by atoms with Gasteiger partial charge in [0.2, 0.25) is 0 Å². The van der Waals surface area contributed by atoms with E-state index in [0.717, 1.165) is 11.8 Å². The van der Waals surface area contributed by atoms with Gasteiger partial charge in [-0.15, -0.1) is 0 Å². The minimum Gasteiger partial charge on any atom is -0.0845 e. The second-order valence-electron chi connectivity index (χ2n) is 5.83. The zero-order chi connectivity index (χ0) is 11.9. The maximum Gasteiger partial charge on any atom is -0.0172 e.